The predicted octanol–water partition coefficient (Wildman–Crippen LogP) is 3.19. The molecule has 0 aromatic carbocycles. The van der Waals surface area contributed by atoms with E-state index in [1.54, 1.807) is 24.3 Å². The molecular weight excluding hydrogens is 322 g/mol. The molecular formula is C11H10BrNO2S2. The average molecular weight is 332 g/mol. The monoisotopic (exact) mass is 331 g/mol. The molecule has 2 rings (SSSR count). The molecule has 2 aromatic rings. The normalized spacial score (nSPS) is 11.6. The third-order valence-electron chi connectivity index (χ3n) is 2.13. The van der Waals surface area contributed by atoms with E-state index in [-0.39, 0.29) is 5.75 Å². The fourth-order valence-corrected chi connectivity index (χ4v) is 4.39. The number of pyridine rings is 1. The molecule has 0 amide bonds. The molecule has 0 radical (unpaired) electrons. The highest BCUT2D eigenvalue weighted by Gasteiger charge is 2.18. The van der Waals surface area contributed by atoms with Gasteiger partial charge < -0.3 is 0 Å². The Labute approximate surface area is 113 Å². The van der Waals surface area contributed by atoms with E-state index in [0.717, 1.165) is 4.88 Å². The first-order chi connectivity index (χ1) is 7.97. The summed E-state index contributed by atoms with van der Waals surface area (Å²) in [4.78, 5) is 5.12. The Bertz CT molecular complexity index is 634. The summed E-state index contributed by atoms with van der Waals surface area (Å²) >= 11 is 4.52. The van der Waals surface area contributed by atoms with Crippen LogP contribution in [0.1, 0.15) is 10.6 Å². The lowest BCUT2D eigenvalue weighted by Gasteiger charge is -2.01. The van der Waals surface area contributed by atoms with Crippen LogP contribution in [0.4, 0.5) is 0 Å². The summed E-state index contributed by atoms with van der Waals surface area (Å²) in [5.74, 6) is -0.0631. The summed E-state index contributed by atoms with van der Waals surface area (Å²) in [5, 5.41) is 0. The Morgan fingerprint density at radius 2 is 2.06 bits per heavy atom. The van der Waals surface area contributed by atoms with Crippen molar-refractivity contribution in [3.05, 3.63) is 45.5 Å². The van der Waals surface area contributed by atoms with Crippen LogP contribution in [-0.2, 0) is 15.6 Å². The van der Waals surface area contributed by atoms with Crippen LogP contribution in [0.2, 0.25) is 0 Å². The van der Waals surface area contributed by atoms with Gasteiger partial charge in [-0.15, -0.1) is 11.3 Å². The lowest BCUT2D eigenvalue weighted by molar-refractivity contribution is 0.596. The van der Waals surface area contributed by atoms with Crippen molar-refractivity contribution in [3.8, 4) is 0 Å². The van der Waals surface area contributed by atoms with Crippen molar-refractivity contribution in [2.75, 3.05) is 0 Å². The lowest BCUT2D eigenvalue weighted by atomic mass is 10.4. The zero-order chi connectivity index (χ0) is 12.5. The number of rotatable bonds is 3. The van der Waals surface area contributed by atoms with E-state index >= 15 is 0 Å². The van der Waals surface area contributed by atoms with E-state index in [2.05, 4.69) is 20.9 Å². The second-order valence-corrected chi connectivity index (χ2v) is 7.89. The van der Waals surface area contributed by atoms with Gasteiger partial charge in [0.2, 0.25) is 0 Å². The quantitative estimate of drug-likeness (QED) is 0.811. The van der Waals surface area contributed by atoms with Crippen LogP contribution in [0.3, 0.4) is 0 Å². The SMILES string of the molecule is Cc1ccc(S(=O)(=O)Cc2cccc(Br)n2)s1. The lowest BCUT2D eigenvalue weighted by Crippen LogP contribution is -2.04. The van der Waals surface area contributed by atoms with Gasteiger partial charge >= 0.3 is 0 Å². The maximum atomic E-state index is 12.1. The van der Waals surface area contributed by atoms with Crippen LogP contribution in [-0.4, -0.2) is 13.4 Å². The molecule has 0 N–H and O–H groups in total. The minimum atomic E-state index is -3.27. The van der Waals surface area contributed by atoms with Gasteiger partial charge in [-0.3, -0.25) is 0 Å². The van der Waals surface area contributed by atoms with Crippen molar-refractivity contribution in [1.29, 1.82) is 0 Å². The molecule has 17 heavy (non-hydrogen) atoms. The van der Waals surface area contributed by atoms with Gasteiger partial charge in [-0.25, -0.2) is 13.4 Å². The number of halogens is 1. The number of nitrogens with zero attached hydrogens (tertiary/aromatic N) is 1. The van der Waals surface area contributed by atoms with Crippen LogP contribution in [0, 0.1) is 6.92 Å². The first-order valence-corrected chi connectivity index (χ1v) is 8.14. The zero-order valence-corrected chi connectivity index (χ0v) is 12.3. The molecule has 0 atom stereocenters. The van der Waals surface area contributed by atoms with E-state index in [1.165, 1.54) is 11.3 Å². The standard InChI is InChI=1S/C11H10BrNO2S2/c1-8-5-6-11(16-8)17(14,15)7-9-3-2-4-10(12)13-9/h2-6H,7H2,1H3. The highest BCUT2D eigenvalue weighted by atomic mass is 79.9. The number of hydrogen-bond donors (Lipinski definition) is 0. The van der Waals surface area contributed by atoms with Crippen molar-refractivity contribution in [3.63, 3.8) is 0 Å². The van der Waals surface area contributed by atoms with Crippen LogP contribution in [0.5, 0.6) is 0 Å². The number of thiophene rings is 1. The van der Waals surface area contributed by atoms with Crippen molar-refractivity contribution >= 4 is 37.1 Å². The Kier molecular flexibility index (Phi) is 3.65. The molecule has 6 heteroatoms. The van der Waals surface area contributed by atoms with E-state index in [1.807, 2.05) is 13.0 Å². The summed E-state index contributed by atoms with van der Waals surface area (Å²) in [6.45, 7) is 1.89. The van der Waals surface area contributed by atoms with E-state index in [9.17, 15) is 8.42 Å². The van der Waals surface area contributed by atoms with Gasteiger partial charge in [0.15, 0.2) is 9.84 Å². The largest absolute Gasteiger partial charge is 0.245 e. The maximum Gasteiger partial charge on any atom is 0.193 e. The predicted molar refractivity (Wildman–Crippen MR) is 71.9 cm³/mol. The number of sulfone groups is 1. The second kappa shape index (κ2) is 4.88. The van der Waals surface area contributed by atoms with Crippen molar-refractivity contribution in [2.24, 2.45) is 0 Å². The minimum absolute atomic E-state index is 0.0631. The Hall–Kier alpha value is -0.720. The van der Waals surface area contributed by atoms with E-state index < -0.39 is 9.84 Å². The summed E-state index contributed by atoms with van der Waals surface area (Å²) in [6, 6.07) is 8.72. The number of aromatic nitrogens is 1. The molecule has 90 valence electrons. The van der Waals surface area contributed by atoms with Gasteiger partial charge in [0.25, 0.3) is 0 Å². The third-order valence-corrected chi connectivity index (χ3v) is 5.81. The van der Waals surface area contributed by atoms with Crippen LogP contribution >= 0.6 is 27.3 Å². The van der Waals surface area contributed by atoms with Crippen molar-refractivity contribution in [1.82, 2.24) is 4.98 Å². The average Bonchev–Trinajstić information content (AvgIpc) is 2.65. The molecule has 0 aliphatic heterocycles. The molecule has 3 nitrogen and oxygen atoms in total. The molecule has 0 saturated heterocycles. The van der Waals surface area contributed by atoms with Crippen molar-refractivity contribution in [2.45, 2.75) is 16.9 Å². The molecule has 0 spiro atoms. The number of aryl methyl sites for hydroxylation is 1. The highest BCUT2D eigenvalue weighted by molar-refractivity contribution is 9.10. The molecule has 0 aliphatic rings. The molecule has 2 heterocycles. The van der Waals surface area contributed by atoms with Crippen LogP contribution in [0.25, 0.3) is 0 Å². The van der Waals surface area contributed by atoms with Gasteiger partial charge in [-0.1, -0.05) is 6.07 Å². The second-order valence-electron chi connectivity index (χ2n) is 3.58. The van der Waals surface area contributed by atoms with Crippen molar-refractivity contribution < 1.29 is 8.42 Å². The topological polar surface area (TPSA) is 47.0 Å². The molecule has 0 fully saturated rings. The minimum Gasteiger partial charge on any atom is -0.245 e. The smallest absolute Gasteiger partial charge is 0.193 e. The van der Waals surface area contributed by atoms with Crippen LogP contribution in [0.15, 0.2) is 39.1 Å². The van der Waals surface area contributed by atoms with E-state index in [4.69, 9.17) is 0 Å². The maximum absolute atomic E-state index is 12.1. The first-order valence-electron chi connectivity index (χ1n) is 4.88. The molecule has 0 aliphatic carbocycles. The first kappa shape index (κ1) is 12.7. The summed E-state index contributed by atoms with van der Waals surface area (Å²) in [5.41, 5.74) is 0.547. The zero-order valence-electron chi connectivity index (χ0n) is 9.05. The van der Waals surface area contributed by atoms with Gasteiger partial charge in [-0.2, -0.15) is 0 Å². The Balaban J connectivity index is 2.29. The summed E-state index contributed by atoms with van der Waals surface area (Å²) in [6.07, 6.45) is 0. The molecule has 2 aromatic heterocycles. The molecule has 0 unspecified atom stereocenters. The summed E-state index contributed by atoms with van der Waals surface area (Å²) < 4.78 is 25.2. The van der Waals surface area contributed by atoms with Gasteiger partial charge in [0, 0.05) is 4.88 Å². The fourth-order valence-electron chi connectivity index (χ4n) is 1.38. The Morgan fingerprint density at radius 1 is 1.29 bits per heavy atom. The van der Waals surface area contributed by atoms with Gasteiger partial charge in [-0.05, 0) is 47.1 Å². The number of hydrogen-bond acceptors (Lipinski definition) is 4. The molecule has 0 bridgehead atoms. The highest BCUT2D eigenvalue weighted by Crippen LogP contribution is 2.24. The van der Waals surface area contributed by atoms with Gasteiger partial charge in [0.1, 0.15) is 8.81 Å². The fraction of sp³-hybridized carbons (Fsp3) is 0.182. The van der Waals surface area contributed by atoms with Crippen LogP contribution < -0.4 is 0 Å². The Morgan fingerprint density at radius 3 is 2.65 bits per heavy atom. The van der Waals surface area contributed by atoms with Gasteiger partial charge in [0.05, 0.1) is 11.4 Å². The third kappa shape index (κ3) is 3.14. The molecule has 0 saturated carbocycles. The summed E-state index contributed by atoms with van der Waals surface area (Å²) in [7, 11) is -3.27. The van der Waals surface area contributed by atoms with E-state index in [0.29, 0.717) is 14.5 Å².